The van der Waals surface area contributed by atoms with Crippen LogP contribution in [0.1, 0.15) is 24.8 Å². The minimum Gasteiger partial charge on any atom is -0.474 e. The van der Waals surface area contributed by atoms with Crippen LogP contribution in [-0.2, 0) is 4.79 Å². The zero-order chi connectivity index (χ0) is 24.9. The van der Waals surface area contributed by atoms with Crippen LogP contribution in [0.5, 0.6) is 5.88 Å². The number of anilines is 1. The molecule has 4 N–H and O–H groups in total. The average Bonchev–Trinajstić information content (AvgIpc) is 3.40. The van der Waals surface area contributed by atoms with Crippen molar-refractivity contribution in [3.05, 3.63) is 50.9 Å². The molecule has 2 heterocycles. The lowest BCUT2D eigenvalue weighted by molar-refractivity contribution is -0.110. The number of nitrogens with two attached hydrogens (primary N) is 1. The van der Waals surface area contributed by atoms with Gasteiger partial charge in [-0.05, 0) is 30.5 Å². The Morgan fingerprint density at radius 3 is 2.91 bits per heavy atom. The van der Waals surface area contributed by atoms with E-state index in [9.17, 15) is 19.2 Å². The lowest BCUT2D eigenvalue weighted by atomic mass is 9.97. The van der Waals surface area contributed by atoms with Crippen molar-refractivity contribution in [2.24, 2.45) is 0 Å². The molecule has 2 aromatic carbocycles. The third-order valence-electron chi connectivity index (χ3n) is 6.05. The average molecular weight is 516 g/mol. The Kier molecular flexibility index (Phi) is 5.78. The van der Waals surface area contributed by atoms with E-state index in [0.29, 0.717) is 25.7 Å². The molecule has 0 bridgehead atoms. The number of carbonyl (C=O) groups excluding carboxylic acids is 1. The van der Waals surface area contributed by atoms with Crippen molar-refractivity contribution in [3.63, 3.8) is 0 Å². The van der Waals surface area contributed by atoms with Crippen LogP contribution in [0.2, 0.25) is 5.02 Å². The molecule has 0 radical (unpaired) electrons. The normalized spacial score (nSPS) is 17.5. The Morgan fingerprint density at radius 1 is 1.37 bits per heavy atom. The van der Waals surface area contributed by atoms with Gasteiger partial charge >= 0.3 is 5.69 Å². The number of nitrogen functional groups attached to an aromatic ring is 1. The first-order valence-electron chi connectivity index (χ1n) is 10.5. The van der Waals surface area contributed by atoms with E-state index < -0.39 is 17.3 Å². The summed E-state index contributed by atoms with van der Waals surface area (Å²) in [4.78, 5) is 29.2. The first-order valence-corrected chi connectivity index (χ1v) is 11.7. The smallest absolute Gasteiger partial charge is 0.348 e. The molecule has 0 spiro atoms. The predicted molar refractivity (Wildman–Crippen MR) is 128 cm³/mol. The number of aromatic nitrogens is 2. The molecule has 1 fully saturated rings. The summed E-state index contributed by atoms with van der Waals surface area (Å²) in [5.41, 5.74) is 4.93. The summed E-state index contributed by atoms with van der Waals surface area (Å²) in [5.74, 6) is -1.58. The van der Waals surface area contributed by atoms with Crippen molar-refractivity contribution in [1.82, 2.24) is 15.3 Å². The van der Waals surface area contributed by atoms with Gasteiger partial charge in [0.25, 0.3) is 0 Å². The number of benzene rings is 2. The van der Waals surface area contributed by atoms with Crippen molar-refractivity contribution in [1.29, 1.82) is 5.26 Å². The molecule has 12 heteroatoms. The van der Waals surface area contributed by atoms with Crippen LogP contribution in [-0.4, -0.2) is 28.5 Å². The third kappa shape index (κ3) is 3.84. The van der Waals surface area contributed by atoms with Gasteiger partial charge in [-0.1, -0.05) is 17.7 Å². The zero-order valence-electron chi connectivity index (χ0n) is 17.8. The molecular formula is C23H16ClF2N5O3S. The second-order valence-electron chi connectivity index (χ2n) is 8.10. The molecule has 0 unspecified atom stereocenters. The highest BCUT2D eigenvalue weighted by molar-refractivity contribution is 7.23. The summed E-state index contributed by atoms with van der Waals surface area (Å²) >= 11 is 7.39. The first kappa shape index (κ1) is 23.0. The molecule has 4 aromatic rings. The molecule has 0 saturated heterocycles. The molecule has 2 atom stereocenters. The van der Waals surface area contributed by atoms with E-state index in [1.165, 1.54) is 12.1 Å². The van der Waals surface area contributed by atoms with Gasteiger partial charge in [-0.3, -0.25) is 4.79 Å². The number of H-pyrrole nitrogens is 1. The van der Waals surface area contributed by atoms with Crippen molar-refractivity contribution in [2.45, 2.75) is 31.4 Å². The Bertz CT molecular complexity index is 1610. The number of hydrogen-bond acceptors (Lipinski definition) is 7. The summed E-state index contributed by atoms with van der Waals surface area (Å²) < 4.78 is 36.4. The number of nitrogens with one attached hydrogen (secondary N) is 2. The van der Waals surface area contributed by atoms with Gasteiger partial charge in [0.1, 0.15) is 23.0 Å². The maximum Gasteiger partial charge on any atom is 0.348 e. The molecule has 5 rings (SSSR count). The van der Waals surface area contributed by atoms with Crippen LogP contribution >= 0.6 is 22.9 Å². The molecule has 35 heavy (non-hydrogen) atoms. The van der Waals surface area contributed by atoms with Crippen molar-refractivity contribution in [3.8, 4) is 23.1 Å². The second-order valence-corrected chi connectivity index (χ2v) is 9.56. The fourth-order valence-electron chi connectivity index (χ4n) is 4.50. The monoisotopic (exact) mass is 515 g/mol. The molecular weight excluding hydrogens is 500 g/mol. The number of halogens is 3. The van der Waals surface area contributed by atoms with Crippen LogP contribution in [0.4, 0.5) is 13.8 Å². The van der Waals surface area contributed by atoms with Crippen LogP contribution in [0.15, 0.2) is 23.0 Å². The number of nitrogens with zero attached hydrogens (tertiary/aromatic N) is 2. The number of aromatic amines is 1. The van der Waals surface area contributed by atoms with E-state index in [4.69, 9.17) is 22.1 Å². The van der Waals surface area contributed by atoms with Crippen LogP contribution in [0.3, 0.4) is 0 Å². The Morgan fingerprint density at radius 2 is 2.17 bits per heavy atom. The summed E-state index contributed by atoms with van der Waals surface area (Å²) in [6.45, 7) is 0. The van der Waals surface area contributed by atoms with Gasteiger partial charge in [-0.25, -0.2) is 13.6 Å². The summed E-state index contributed by atoms with van der Waals surface area (Å²) in [7, 11) is 0. The highest BCUT2D eigenvalue weighted by Gasteiger charge is 2.28. The Balaban J connectivity index is 1.68. The topological polar surface area (TPSA) is 134 Å². The van der Waals surface area contributed by atoms with Crippen molar-refractivity contribution < 1.29 is 18.3 Å². The number of thiophene rings is 1. The lowest BCUT2D eigenvalue weighted by Crippen LogP contribution is -2.26. The molecule has 0 aliphatic heterocycles. The molecule has 1 aliphatic carbocycles. The molecule has 2 aromatic heterocycles. The Labute approximate surface area is 205 Å². The standard InChI is InChI=1S/C23H16ClF2N5O3S/c24-14-6-12-19(30-23(33)31-22(12)34-10-2-1-9(5-10)29-8-32)18(26)17(14)11-3-4-15(25)20-16(11)13(7-27)21(28)35-20/h3-4,6,8-10H,1-2,5,28H2,(H,29,32)(H,30,31,33)/t9-,10+/m0/s1. The van der Waals surface area contributed by atoms with E-state index in [1.807, 2.05) is 6.07 Å². The summed E-state index contributed by atoms with van der Waals surface area (Å²) in [6.07, 6.45) is 2.09. The highest BCUT2D eigenvalue weighted by atomic mass is 35.5. The number of ether oxygens (including phenoxy) is 1. The van der Waals surface area contributed by atoms with E-state index in [-0.39, 0.29) is 65.7 Å². The van der Waals surface area contributed by atoms with Gasteiger partial charge in [0, 0.05) is 23.4 Å². The summed E-state index contributed by atoms with van der Waals surface area (Å²) in [5, 5.41) is 12.6. The minimum atomic E-state index is -0.884. The molecule has 178 valence electrons. The van der Waals surface area contributed by atoms with E-state index in [2.05, 4.69) is 15.3 Å². The number of nitriles is 1. The maximum absolute atomic E-state index is 15.9. The number of hydrogen-bond donors (Lipinski definition) is 3. The number of rotatable bonds is 5. The lowest BCUT2D eigenvalue weighted by Gasteiger charge is -2.16. The second kappa shape index (κ2) is 8.79. The number of fused-ring (bicyclic) bond motifs is 2. The fraction of sp³-hybridized carbons (Fsp3) is 0.217. The van der Waals surface area contributed by atoms with Crippen LogP contribution in [0.25, 0.3) is 32.1 Å². The van der Waals surface area contributed by atoms with Crippen molar-refractivity contribution >= 4 is 55.3 Å². The van der Waals surface area contributed by atoms with Gasteiger partial charge in [0.15, 0.2) is 5.82 Å². The molecule has 1 amide bonds. The third-order valence-corrected chi connectivity index (χ3v) is 7.37. The zero-order valence-corrected chi connectivity index (χ0v) is 19.4. The maximum atomic E-state index is 15.9. The summed E-state index contributed by atoms with van der Waals surface area (Å²) in [6, 6.07) is 5.74. The molecule has 8 nitrogen and oxygen atoms in total. The largest absolute Gasteiger partial charge is 0.474 e. The first-order chi connectivity index (χ1) is 16.8. The van der Waals surface area contributed by atoms with E-state index >= 15 is 4.39 Å². The predicted octanol–water partition coefficient (Wildman–Crippen LogP) is 4.24. The van der Waals surface area contributed by atoms with Crippen molar-refractivity contribution in [2.75, 3.05) is 5.73 Å². The van der Waals surface area contributed by atoms with Gasteiger partial charge in [0.2, 0.25) is 12.3 Å². The SMILES string of the molecule is N#Cc1c(N)sc2c(F)ccc(-c3c(Cl)cc4c(O[C@@H]5CC[C@H](NC=O)C5)nc(=O)[nH]c4c3F)c12. The molecule has 1 aliphatic rings. The number of amides is 1. The van der Waals surface area contributed by atoms with Gasteiger partial charge in [0.05, 0.1) is 26.2 Å². The quantitative estimate of drug-likeness (QED) is 0.340. The van der Waals surface area contributed by atoms with E-state index in [1.54, 1.807) is 0 Å². The Hall–Kier alpha value is -3.75. The van der Waals surface area contributed by atoms with Gasteiger partial charge in [-0.15, -0.1) is 11.3 Å². The minimum absolute atomic E-state index is 0.0158. The van der Waals surface area contributed by atoms with Crippen LogP contribution < -0.4 is 21.5 Å². The van der Waals surface area contributed by atoms with E-state index in [0.717, 1.165) is 17.4 Å². The van der Waals surface area contributed by atoms with Gasteiger partial charge in [-0.2, -0.15) is 10.2 Å². The highest BCUT2D eigenvalue weighted by Crippen LogP contribution is 2.45. The number of carbonyl (C=O) groups is 1. The van der Waals surface area contributed by atoms with Gasteiger partial charge < -0.3 is 20.8 Å². The fourth-order valence-corrected chi connectivity index (χ4v) is 5.74. The van der Waals surface area contributed by atoms with Crippen LogP contribution in [0, 0.1) is 23.0 Å². The molecule has 1 saturated carbocycles.